The van der Waals surface area contributed by atoms with Gasteiger partial charge in [-0.25, -0.2) is 4.39 Å². The molecule has 0 amide bonds. The molecule has 1 heterocycles. The van der Waals surface area contributed by atoms with Crippen molar-refractivity contribution in [3.8, 4) is 5.75 Å². The maximum Gasteiger partial charge on any atom is 0.142 e. The number of fused-ring (bicyclic) bond motifs is 1. The molecule has 0 saturated carbocycles. The summed E-state index contributed by atoms with van der Waals surface area (Å²) in [6, 6.07) is 12.3. The highest BCUT2D eigenvalue weighted by Gasteiger charge is 2.22. The first-order valence-corrected chi connectivity index (χ1v) is 6.46. The standard InChI is InChI=1S/C14H11BrFNO/c15-9-5-6-14-12(7-9)17-13(8-18-14)10-3-1-2-4-11(10)16/h1-7,13,17H,8H2. The van der Waals surface area contributed by atoms with Gasteiger partial charge in [-0.3, -0.25) is 0 Å². The Labute approximate surface area is 113 Å². The summed E-state index contributed by atoms with van der Waals surface area (Å²) in [6.07, 6.45) is 0. The monoisotopic (exact) mass is 307 g/mol. The van der Waals surface area contributed by atoms with Crippen LogP contribution >= 0.6 is 15.9 Å². The van der Waals surface area contributed by atoms with Crippen molar-refractivity contribution in [2.45, 2.75) is 6.04 Å². The smallest absolute Gasteiger partial charge is 0.142 e. The Morgan fingerprint density at radius 2 is 2.06 bits per heavy atom. The van der Waals surface area contributed by atoms with E-state index in [1.807, 2.05) is 24.3 Å². The molecule has 4 heteroatoms. The van der Waals surface area contributed by atoms with Gasteiger partial charge in [-0.2, -0.15) is 0 Å². The zero-order valence-electron chi connectivity index (χ0n) is 9.49. The molecule has 3 rings (SSSR count). The molecular weight excluding hydrogens is 297 g/mol. The molecule has 1 aliphatic heterocycles. The van der Waals surface area contributed by atoms with Gasteiger partial charge < -0.3 is 10.1 Å². The Morgan fingerprint density at radius 1 is 1.22 bits per heavy atom. The van der Waals surface area contributed by atoms with Gasteiger partial charge in [0, 0.05) is 10.0 Å². The van der Waals surface area contributed by atoms with Crippen LogP contribution in [0.5, 0.6) is 5.75 Å². The second kappa shape index (κ2) is 4.61. The first-order valence-electron chi connectivity index (χ1n) is 5.67. The minimum atomic E-state index is -0.211. The molecule has 0 radical (unpaired) electrons. The molecule has 0 aliphatic carbocycles. The predicted octanol–water partition coefficient (Wildman–Crippen LogP) is 4.13. The molecule has 1 aliphatic rings. The Balaban J connectivity index is 1.93. The van der Waals surface area contributed by atoms with Crippen LogP contribution in [0.15, 0.2) is 46.9 Å². The van der Waals surface area contributed by atoms with Crippen LogP contribution in [0.3, 0.4) is 0 Å². The molecule has 1 unspecified atom stereocenters. The second-order valence-electron chi connectivity index (χ2n) is 4.17. The Hall–Kier alpha value is -1.55. The van der Waals surface area contributed by atoms with Crippen molar-refractivity contribution in [2.24, 2.45) is 0 Å². The number of halogens is 2. The van der Waals surface area contributed by atoms with Gasteiger partial charge in [-0.15, -0.1) is 0 Å². The van der Waals surface area contributed by atoms with E-state index in [2.05, 4.69) is 21.2 Å². The van der Waals surface area contributed by atoms with Crippen molar-refractivity contribution in [3.63, 3.8) is 0 Å². The largest absolute Gasteiger partial charge is 0.489 e. The molecule has 2 aromatic rings. The molecule has 0 bridgehead atoms. The van der Waals surface area contributed by atoms with Crippen molar-refractivity contribution >= 4 is 21.6 Å². The van der Waals surface area contributed by atoms with E-state index in [1.54, 1.807) is 12.1 Å². The number of rotatable bonds is 1. The number of ether oxygens (including phenoxy) is 1. The summed E-state index contributed by atoms with van der Waals surface area (Å²) in [5.74, 6) is 0.586. The minimum absolute atomic E-state index is 0.159. The third-order valence-corrected chi connectivity index (χ3v) is 3.45. The summed E-state index contributed by atoms with van der Waals surface area (Å²) >= 11 is 3.41. The molecule has 0 saturated heterocycles. The van der Waals surface area contributed by atoms with Gasteiger partial charge >= 0.3 is 0 Å². The van der Waals surface area contributed by atoms with Gasteiger partial charge in [0.05, 0.1) is 11.7 Å². The van der Waals surface area contributed by atoms with Crippen LogP contribution in [0, 0.1) is 5.82 Å². The second-order valence-corrected chi connectivity index (χ2v) is 5.09. The van der Waals surface area contributed by atoms with Crippen LogP contribution in [-0.4, -0.2) is 6.61 Å². The molecule has 0 spiro atoms. The van der Waals surface area contributed by atoms with Gasteiger partial charge in [-0.1, -0.05) is 34.1 Å². The maximum atomic E-state index is 13.7. The Bertz CT molecular complexity index is 588. The van der Waals surface area contributed by atoms with E-state index in [-0.39, 0.29) is 11.9 Å². The summed E-state index contributed by atoms with van der Waals surface area (Å²) in [5, 5.41) is 3.30. The van der Waals surface area contributed by atoms with Gasteiger partial charge in [-0.05, 0) is 24.3 Å². The van der Waals surface area contributed by atoms with Gasteiger partial charge in [0.15, 0.2) is 0 Å². The molecule has 2 aromatic carbocycles. The van der Waals surface area contributed by atoms with Crippen LogP contribution in [-0.2, 0) is 0 Å². The highest BCUT2D eigenvalue weighted by molar-refractivity contribution is 9.10. The van der Waals surface area contributed by atoms with Gasteiger partial charge in [0.25, 0.3) is 0 Å². The van der Waals surface area contributed by atoms with Crippen molar-refractivity contribution in [1.82, 2.24) is 0 Å². The SMILES string of the molecule is Fc1ccccc1C1COc2ccc(Br)cc2N1. The molecule has 92 valence electrons. The normalized spacial score (nSPS) is 17.6. The summed E-state index contributed by atoms with van der Waals surface area (Å²) in [7, 11) is 0. The molecule has 0 fully saturated rings. The third kappa shape index (κ3) is 2.08. The van der Waals surface area contributed by atoms with E-state index in [4.69, 9.17) is 4.74 Å². The lowest BCUT2D eigenvalue weighted by molar-refractivity contribution is 0.283. The topological polar surface area (TPSA) is 21.3 Å². The molecule has 0 aromatic heterocycles. The predicted molar refractivity (Wildman–Crippen MR) is 72.4 cm³/mol. The molecule has 1 atom stereocenters. The molecule has 18 heavy (non-hydrogen) atoms. The lowest BCUT2D eigenvalue weighted by atomic mass is 10.1. The van der Waals surface area contributed by atoms with E-state index in [0.717, 1.165) is 15.9 Å². The fourth-order valence-electron chi connectivity index (χ4n) is 2.07. The van der Waals surface area contributed by atoms with E-state index in [9.17, 15) is 4.39 Å². The molecule has 2 nitrogen and oxygen atoms in total. The quantitative estimate of drug-likeness (QED) is 0.855. The fraction of sp³-hybridized carbons (Fsp3) is 0.143. The zero-order valence-corrected chi connectivity index (χ0v) is 11.1. The zero-order chi connectivity index (χ0) is 12.5. The number of hydrogen-bond donors (Lipinski definition) is 1. The first kappa shape index (κ1) is 11.5. The maximum absolute atomic E-state index is 13.7. The van der Waals surface area contributed by atoms with Gasteiger partial charge in [0.2, 0.25) is 0 Å². The number of hydrogen-bond acceptors (Lipinski definition) is 2. The molecular formula is C14H11BrFNO. The highest BCUT2D eigenvalue weighted by atomic mass is 79.9. The minimum Gasteiger partial charge on any atom is -0.489 e. The van der Waals surface area contributed by atoms with Crippen LogP contribution < -0.4 is 10.1 Å². The average molecular weight is 308 g/mol. The summed E-state index contributed by atoms with van der Waals surface area (Å²) in [6.45, 7) is 0.426. The lowest BCUT2D eigenvalue weighted by Gasteiger charge is -2.28. The summed E-state index contributed by atoms with van der Waals surface area (Å²) in [4.78, 5) is 0. The van der Waals surface area contributed by atoms with Crippen LogP contribution in [0.2, 0.25) is 0 Å². The van der Waals surface area contributed by atoms with Crippen LogP contribution in [0.4, 0.5) is 10.1 Å². The number of benzene rings is 2. The summed E-state index contributed by atoms with van der Waals surface area (Å²) in [5.41, 5.74) is 1.51. The average Bonchev–Trinajstić information content (AvgIpc) is 2.38. The van der Waals surface area contributed by atoms with E-state index in [1.165, 1.54) is 6.07 Å². The summed E-state index contributed by atoms with van der Waals surface area (Å²) < 4.78 is 20.3. The fourth-order valence-corrected chi connectivity index (χ4v) is 2.43. The van der Waals surface area contributed by atoms with Crippen molar-refractivity contribution in [2.75, 3.05) is 11.9 Å². The van der Waals surface area contributed by atoms with Crippen molar-refractivity contribution in [3.05, 3.63) is 58.3 Å². The van der Waals surface area contributed by atoms with Gasteiger partial charge in [0.1, 0.15) is 18.2 Å². The molecule has 1 N–H and O–H groups in total. The van der Waals surface area contributed by atoms with Crippen LogP contribution in [0.25, 0.3) is 0 Å². The lowest BCUT2D eigenvalue weighted by Crippen LogP contribution is -2.24. The Kier molecular flexibility index (Phi) is 2.96. The van der Waals surface area contributed by atoms with E-state index >= 15 is 0 Å². The third-order valence-electron chi connectivity index (χ3n) is 2.96. The van der Waals surface area contributed by atoms with Crippen molar-refractivity contribution in [1.29, 1.82) is 0 Å². The first-order chi connectivity index (χ1) is 8.74. The number of nitrogens with one attached hydrogen (secondary N) is 1. The van der Waals surface area contributed by atoms with Crippen molar-refractivity contribution < 1.29 is 9.13 Å². The number of anilines is 1. The van der Waals surface area contributed by atoms with E-state index in [0.29, 0.717) is 12.2 Å². The van der Waals surface area contributed by atoms with E-state index < -0.39 is 0 Å². The highest BCUT2D eigenvalue weighted by Crippen LogP contribution is 2.36. The van der Waals surface area contributed by atoms with Crippen LogP contribution in [0.1, 0.15) is 11.6 Å². The Morgan fingerprint density at radius 3 is 2.89 bits per heavy atom.